The molecule has 5 atom stereocenters. The van der Waals surface area contributed by atoms with E-state index in [4.69, 9.17) is 4.74 Å². The molecule has 0 aromatic heterocycles. The fraction of sp³-hybridized carbons (Fsp3) is 0.531. The first-order valence-electron chi connectivity index (χ1n) is 13.4. The summed E-state index contributed by atoms with van der Waals surface area (Å²) in [5, 5.41) is 0. The molecule has 2 fully saturated rings. The smallest absolute Gasteiger partial charge is 0.162 e. The molecule has 36 heavy (non-hydrogen) atoms. The van der Waals surface area contributed by atoms with E-state index in [9.17, 15) is 14.4 Å². The van der Waals surface area contributed by atoms with Crippen LogP contribution >= 0.6 is 0 Å². The SMILES string of the molecule is CC#CCOCC(=O)[C@H]1CC[C@H]2[C@@H]3CCC4=CC(=O)CCC4=C3[C@@H](c3ccc(C(C)=O)cc3)C[C@]12C. The second-order valence-electron chi connectivity index (χ2n) is 11.3. The lowest BCUT2D eigenvalue weighted by atomic mass is 9.51. The second-order valence-corrected chi connectivity index (χ2v) is 11.3. The molecule has 1 aromatic rings. The van der Waals surface area contributed by atoms with Crippen LogP contribution in [-0.2, 0) is 14.3 Å². The number of fused-ring (bicyclic) bond motifs is 4. The summed E-state index contributed by atoms with van der Waals surface area (Å²) in [6, 6.07) is 8.10. The maximum atomic E-state index is 13.4. The molecule has 4 aliphatic rings. The minimum Gasteiger partial charge on any atom is -0.361 e. The Morgan fingerprint density at radius 3 is 2.58 bits per heavy atom. The van der Waals surface area contributed by atoms with E-state index in [0.717, 1.165) is 44.1 Å². The van der Waals surface area contributed by atoms with Crippen molar-refractivity contribution in [3.05, 3.63) is 58.2 Å². The summed E-state index contributed by atoms with van der Waals surface area (Å²) in [5.74, 6) is 7.32. The summed E-state index contributed by atoms with van der Waals surface area (Å²) in [4.78, 5) is 37.5. The van der Waals surface area contributed by atoms with E-state index >= 15 is 0 Å². The zero-order chi connectivity index (χ0) is 25.4. The Bertz CT molecular complexity index is 1200. The number of carbonyl (C=O) groups excluding carboxylic acids is 3. The van der Waals surface area contributed by atoms with Crippen LogP contribution in [-0.4, -0.2) is 30.6 Å². The van der Waals surface area contributed by atoms with Crippen molar-refractivity contribution in [1.29, 1.82) is 0 Å². The van der Waals surface area contributed by atoms with Gasteiger partial charge in [0, 0.05) is 23.8 Å². The van der Waals surface area contributed by atoms with E-state index in [2.05, 4.69) is 30.9 Å². The Morgan fingerprint density at radius 1 is 1.08 bits per heavy atom. The van der Waals surface area contributed by atoms with E-state index < -0.39 is 0 Å². The standard InChI is InChI=1S/C32H36O4/c1-4-5-16-36-19-30(35)29-15-14-28-26-12-10-23-17-24(34)11-13-25(23)31(26)27(18-32(28,29)3)22-8-6-21(7-9-22)20(2)33/h6-9,17,26-29H,10-16,18-19H2,1-3H3/t26-,27+,28-,29+,32-/m0/s1. The number of hydrogen-bond acceptors (Lipinski definition) is 4. The zero-order valence-corrected chi connectivity index (χ0v) is 21.7. The number of Topliss-reactive ketones (excluding diaryl/α,β-unsaturated/α-hetero) is 2. The highest BCUT2D eigenvalue weighted by molar-refractivity contribution is 5.94. The van der Waals surface area contributed by atoms with Crippen molar-refractivity contribution in [2.75, 3.05) is 13.2 Å². The van der Waals surface area contributed by atoms with Crippen molar-refractivity contribution < 1.29 is 19.1 Å². The first-order valence-corrected chi connectivity index (χ1v) is 13.4. The Hall–Kier alpha value is -2.77. The predicted molar refractivity (Wildman–Crippen MR) is 139 cm³/mol. The van der Waals surface area contributed by atoms with Crippen LogP contribution in [0.25, 0.3) is 0 Å². The molecular formula is C32H36O4. The highest BCUT2D eigenvalue weighted by atomic mass is 16.5. The second kappa shape index (κ2) is 9.94. The highest BCUT2D eigenvalue weighted by Gasteiger charge is 2.58. The van der Waals surface area contributed by atoms with Gasteiger partial charge in [0.15, 0.2) is 17.3 Å². The van der Waals surface area contributed by atoms with Gasteiger partial charge in [0.1, 0.15) is 13.2 Å². The first-order chi connectivity index (χ1) is 17.3. The molecular weight excluding hydrogens is 448 g/mol. The van der Waals surface area contributed by atoms with Gasteiger partial charge >= 0.3 is 0 Å². The number of ketones is 3. The third-order valence-corrected chi connectivity index (χ3v) is 9.43. The normalized spacial score (nSPS) is 31.0. The molecule has 4 aliphatic carbocycles. The van der Waals surface area contributed by atoms with Gasteiger partial charge in [-0.1, -0.05) is 42.7 Å². The van der Waals surface area contributed by atoms with E-state index in [1.165, 1.54) is 22.3 Å². The lowest BCUT2D eigenvalue weighted by Crippen LogP contribution is -2.45. The van der Waals surface area contributed by atoms with Crippen molar-refractivity contribution >= 4 is 17.3 Å². The molecule has 0 heterocycles. The van der Waals surface area contributed by atoms with Gasteiger partial charge in [-0.15, -0.1) is 5.92 Å². The van der Waals surface area contributed by atoms with E-state index in [1.54, 1.807) is 13.8 Å². The van der Waals surface area contributed by atoms with Gasteiger partial charge in [-0.2, -0.15) is 0 Å². The van der Waals surface area contributed by atoms with E-state index in [-0.39, 0.29) is 41.2 Å². The maximum Gasteiger partial charge on any atom is 0.162 e. The summed E-state index contributed by atoms with van der Waals surface area (Å²) in [7, 11) is 0. The van der Waals surface area contributed by atoms with E-state index in [0.29, 0.717) is 24.9 Å². The van der Waals surface area contributed by atoms with Gasteiger partial charge in [0.25, 0.3) is 0 Å². The predicted octanol–water partition coefficient (Wildman–Crippen LogP) is 6.01. The molecule has 2 saturated carbocycles. The van der Waals surface area contributed by atoms with Crippen LogP contribution in [0.5, 0.6) is 0 Å². The summed E-state index contributed by atoms with van der Waals surface area (Å²) in [6.45, 7) is 6.15. The number of allylic oxidation sites excluding steroid dienone is 4. The minimum absolute atomic E-state index is 0.00694. The molecule has 0 aliphatic heterocycles. The molecule has 188 valence electrons. The molecule has 0 N–H and O–H groups in total. The van der Waals surface area contributed by atoms with Gasteiger partial charge in [-0.3, -0.25) is 14.4 Å². The molecule has 0 radical (unpaired) electrons. The lowest BCUT2D eigenvalue weighted by Gasteiger charge is -2.52. The van der Waals surface area contributed by atoms with Crippen LogP contribution in [0.15, 0.2) is 47.1 Å². The zero-order valence-electron chi connectivity index (χ0n) is 21.7. The third kappa shape index (κ3) is 4.33. The monoisotopic (exact) mass is 484 g/mol. The topological polar surface area (TPSA) is 60.4 Å². The number of ether oxygens (including phenoxy) is 1. The summed E-state index contributed by atoms with van der Waals surface area (Å²) < 4.78 is 5.60. The maximum absolute atomic E-state index is 13.4. The summed E-state index contributed by atoms with van der Waals surface area (Å²) >= 11 is 0. The molecule has 0 amide bonds. The van der Waals surface area contributed by atoms with Gasteiger partial charge in [0.2, 0.25) is 0 Å². The van der Waals surface area contributed by atoms with Crippen LogP contribution in [0.2, 0.25) is 0 Å². The van der Waals surface area contributed by atoms with Gasteiger partial charge in [-0.25, -0.2) is 0 Å². The Kier molecular flexibility index (Phi) is 6.88. The lowest BCUT2D eigenvalue weighted by molar-refractivity contribution is -0.131. The molecule has 1 aromatic carbocycles. The van der Waals surface area contributed by atoms with Gasteiger partial charge in [0.05, 0.1) is 0 Å². The summed E-state index contributed by atoms with van der Waals surface area (Å²) in [6.07, 6.45) is 8.21. The fourth-order valence-corrected chi connectivity index (χ4v) is 7.81. The minimum atomic E-state index is -0.0960. The average molecular weight is 485 g/mol. The molecule has 4 heteroatoms. The van der Waals surface area contributed by atoms with Crippen LogP contribution in [0.3, 0.4) is 0 Å². The van der Waals surface area contributed by atoms with Gasteiger partial charge < -0.3 is 4.74 Å². The van der Waals surface area contributed by atoms with Crippen molar-refractivity contribution in [2.45, 2.75) is 71.6 Å². The van der Waals surface area contributed by atoms with Crippen LogP contribution < -0.4 is 0 Å². The van der Waals surface area contributed by atoms with Crippen LogP contribution in [0, 0.1) is 35.0 Å². The first kappa shape index (κ1) is 24.9. The highest BCUT2D eigenvalue weighted by Crippen LogP contribution is 2.65. The van der Waals surface area contributed by atoms with Crippen LogP contribution in [0.1, 0.15) is 87.6 Å². The fourth-order valence-electron chi connectivity index (χ4n) is 7.81. The van der Waals surface area contributed by atoms with Crippen molar-refractivity contribution in [2.24, 2.45) is 23.2 Å². The molecule has 0 spiro atoms. The van der Waals surface area contributed by atoms with Crippen molar-refractivity contribution in [3.8, 4) is 11.8 Å². The molecule has 5 rings (SSSR count). The largest absolute Gasteiger partial charge is 0.361 e. The number of carbonyl (C=O) groups is 3. The average Bonchev–Trinajstić information content (AvgIpc) is 3.22. The molecule has 4 nitrogen and oxygen atoms in total. The number of hydrogen-bond donors (Lipinski definition) is 0. The van der Waals surface area contributed by atoms with Gasteiger partial charge in [-0.05, 0) is 92.4 Å². The number of rotatable bonds is 6. The van der Waals surface area contributed by atoms with E-state index in [1.807, 2.05) is 18.2 Å². The third-order valence-electron chi connectivity index (χ3n) is 9.43. The molecule has 0 unspecified atom stereocenters. The molecule has 0 saturated heterocycles. The van der Waals surface area contributed by atoms with Crippen molar-refractivity contribution in [3.63, 3.8) is 0 Å². The Labute approximate surface area is 214 Å². The number of benzene rings is 1. The quantitative estimate of drug-likeness (QED) is 0.282. The Balaban J connectivity index is 1.54. The van der Waals surface area contributed by atoms with Crippen molar-refractivity contribution in [1.82, 2.24) is 0 Å². The summed E-state index contributed by atoms with van der Waals surface area (Å²) in [5.41, 5.74) is 6.01. The Morgan fingerprint density at radius 2 is 1.86 bits per heavy atom. The molecule has 0 bridgehead atoms. The van der Waals surface area contributed by atoms with Crippen LogP contribution in [0.4, 0.5) is 0 Å².